The second kappa shape index (κ2) is 6.80. The molecule has 1 N–H and O–H groups in total. The second-order valence-electron chi connectivity index (χ2n) is 5.51. The molecule has 0 aliphatic carbocycles. The van der Waals surface area contributed by atoms with Gasteiger partial charge in [-0.05, 0) is 32.2 Å². The molecule has 6 nitrogen and oxygen atoms in total. The maximum atomic E-state index is 11.9. The first-order valence-corrected chi connectivity index (χ1v) is 7.69. The van der Waals surface area contributed by atoms with Gasteiger partial charge in [0.25, 0.3) is 11.6 Å². The van der Waals surface area contributed by atoms with E-state index in [1.807, 2.05) is 6.26 Å². The fourth-order valence-electron chi connectivity index (χ4n) is 1.60. The molecular formula is C14H21N3O3S. The van der Waals surface area contributed by atoms with E-state index < -0.39 is 4.92 Å². The topological polar surface area (TPSA) is 75.5 Å². The molecule has 0 spiro atoms. The predicted molar refractivity (Wildman–Crippen MR) is 87.2 cm³/mol. The second-order valence-corrected chi connectivity index (χ2v) is 7.02. The molecule has 21 heavy (non-hydrogen) atoms. The quantitative estimate of drug-likeness (QED) is 0.646. The number of amides is 1. The SMILES string of the molecule is CSC(C)(C)CNc1ccc(C(=O)N(C)C)cc1[N+](=O)[O-]. The molecule has 0 aliphatic heterocycles. The van der Waals surface area contributed by atoms with E-state index in [1.165, 1.54) is 11.0 Å². The lowest BCUT2D eigenvalue weighted by atomic mass is 10.1. The molecule has 0 saturated carbocycles. The van der Waals surface area contributed by atoms with Gasteiger partial charge >= 0.3 is 0 Å². The number of nitrogens with one attached hydrogen (secondary N) is 1. The van der Waals surface area contributed by atoms with E-state index in [0.29, 0.717) is 17.8 Å². The molecule has 1 aromatic rings. The molecule has 0 fully saturated rings. The minimum absolute atomic E-state index is 0.0357. The van der Waals surface area contributed by atoms with Gasteiger partial charge in [-0.25, -0.2) is 0 Å². The number of carbonyl (C=O) groups excluding carboxylic acids is 1. The number of rotatable bonds is 6. The summed E-state index contributed by atoms with van der Waals surface area (Å²) in [6.07, 6.45) is 1.99. The number of hydrogen-bond donors (Lipinski definition) is 1. The third-order valence-electron chi connectivity index (χ3n) is 3.10. The van der Waals surface area contributed by atoms with Crippen LogP contribution >= 0.6 is 11.8 Å². The lowest BCUT2D eigenvalue weighted by Gasteiger charge is -2.23. The molecule has 1 amide bonds. The van der Waals surface area contributed by atoms with Crippen molar-refractivity contribution < 1.29 is 9.72 Å². The van der Waals surface area contributed by atoms with Crippen LogP contribution in [0.5, 0.6) is 0 Å². The number of anilines is 1. The Morgan fingerprint density at radius 2 is 2.05 bits per heavy atom. The van der Waals surface area contributed by atoms with Crippen molar-refractivity contribution in [2.24, 2.45) is 0 Å². The van der Waals surface area contributed by atoms with Crippen LogP contribution in [0.2, 0.25) is 0 Å². The van der Waals surface area contributed by atoms with Gasteiger partial charge in [-0.3, -0.25) is 14.9 Å². The molecule has 0 aromatic heterocycles. The largest absolute Gasteiger partial charge is 0.378 e. The standard InChI is InChI=1S/C14H21N3O3S/c1-14(2,21-5)9-15-11-7-6-10(13(18)16(3)4)8-12(11)17(19)20/h6-8,15H,9H2,1-5H3. The van der Waals surface area contributed by atoms with Crippen molar-refractivity contribution in [1.82, 2.24) is 4.90 Å². The lowest BCUT2D eigenvalue weighted by Crippen LogP contribution is -2.26. The molecular weight excluding hydrogens is 290 g/mol. The molecule has 0 aliphatic rings. The molecule has 0 heterocycles. The van der Waals surface area contributed by atoms with Crippen LogP contribution in [-0.2, 0) is 0 Å². The summed E-state index contributed by atoms with van der Waals surface area (Å²) in [6, 6.07) is 4.51. The monoisotopic (exact) mass is 311 g/mol. The van der Waals surface area contributed by atoms with Crippen LogP contribution in [0, 0.1) is 10.1 Å². The minimum atomic E-state index is -0.471. The Hall–Kier alpha value is -1.76. The summed E-state index contributed by atoms with van der Waals surface area (Å²) in [5, 5.41) is 14.3. The van der Waals surface area contributed by atoms with Gasteiger partial charge in [0.15, 0.2) is 0 Å². The number of benzene rings is 1. The Labute approximate surface area is 129 Å². The highest BCUT2D eigenvalue weighted by Gasteiger charge is 2.21. The summed E-state index contributed by atoms with van der Waals surface area (Å²) in [6.45, 7) is 4.71. The summed E-state index contributed by atoms with van der Waals surface area (Å²) < 4.78 is -0.0357. The van der Waals surface area contributed by atoms with Gasteiger partial charge < -0.3 is 10.2 Å². The van der Waals surface area contributed by atoms with E-state index in [2.05, 4.69) is 19.2 Å². The number of nitro benzene ring substituents is 1. The van der Waals surface area contributed by atoms with Crippen molar-refractivity contribution in [3.05, 3.63) is 33.9 Å². The molecule has 1 aromatic carbocycles. The van der Waals surface area contributed by atoms with Gasteiger partial charge in [0.2, 0.25) is 0 Å². The predicted octanol–water partition coefficient (Wildman–Crippen LogP) is 2.85. The molecule has 116 valence electrons. The minimum Gasteiger partial charge on any atom is -0.378 e. The third kappa shape index (κ3) is 4.63. The summed E-state index contributed by atoms with van der Waals surface area (Å²) in [5.41, 5.74) is 0.651. The van der Waals surface area contributed by atoms with E-state index in [-0.39, 0.29) is 16.3 Å². The number of nitro groups is 1. The number of carbonyl (C=O) groups is 1. The zero-order chi connectivity index (χ0) is 16.2. The summed E-state index contributed by atoms with van der Waals surface area (Å²) in [4.78, 5) is 24.0. The maximum Gasteiger partial charge on any atom is 0.293 e. The Bertz CT molecular complexity index is 544. The van der Waals surface area contributed by atoms with Gasteiger partial charge in [-0.2, -0.15) is 11.8 Å². The first-order chi connectivity index (χ1) is 9.68. The Morgan fingerprint density at radius 3 is 2.52 bits per heavy atom. The van der Waals surface area contributed by atoms with E-state index in [4.69, 9.17) is 0 Å². The lowest BCUT2D eigenvalue weighted by molar-refractivity contribution is -0.384. The van der Waals surface area contributed by atoms with E-state index in [0.717, 1.165) is 0 Å². The van der Waals surface area contributed by atoms with Crippen LogP contribution < -0.4 is 5.32 Å². The highest BCUT2D eigenvalue weighted by atomic mass is 32.2. The molecule has 0 radical (unpaired) electrons. The van der Waals surface area contributed by atoms with Crippen molar-refractivity contribution in [3.63, 3.8) is 0 Å². The van der Waals surface area contributed by atoms with Crippen LogP contribution in [0.4, 0.5) is 11.4 Å². The third-order valence-corrected chi connectivity index (χ3v) is 4.35. The molecule has 0 bridgehead atoms. The van der Waals surface area contributed by atoms with Crippen LogP contribution in [0.25, 0.3) is 0 Å². The van der Waals surface area contributed by atoms with Crippen molar-refractivity contribution in [1.29, 1.82) is 0 Å². The van der Waals surface area contributed by atoms with Gasteiger partial charge in [0.05, 0.1) is 4.92 Å². The molecule has 0 unspecified atom stereocenters. The van der Waals surface area contributed by atoms with E-state index >= 15 is 0 Å². The molecule has 0 atom stereocenters. The maximum absolute atomic E-state index is 11.9. The van der Waals surface area contributed by atoms with Gasteiger partial charge in [-0.15, -0.1) is 0 Å². The van der Waals surface area contributed by atoms with Crippen LogP contribution in [0.15, 0.2) is 18.2 Å². The Morgan fingerprint density at radius 1 is 1.43 bits per heavy atom. The van der Waals surface area contributed by atoms with Crippen molar-refractivity contribution in [2.45, 2.75) is 18.6 Å². The highest BCUT2D eigenvalue weighted by Crippen LogP contribution is 2.28. The summed E-state index contributed by atoms with van der Waals surface area (Å²) in [7, 11) is 3.22. The Kier molecular flexibility index (Phi) is 5.60. The van der Waals surface area contributed by atoms with Crippen LogP contribution in [0.1, 0.15) is 24.2 Å². The van der Waals surface area contributed by atoms with Crippen molar-refractivity contribution >= 4 is 29.0 Å². The number of thioether (sulfide) groups is 1. The first kappa shape index (κ1) is 17.3. The van der Waals surface area contributed by atoms with Gasteiger partial charge in [0.1, 0.15) is 5.69 Å². The normalized spacial score (nSPS) is 11.1. The zero-order valence-corrected chi connectivity index (χ0v) is 13.8. The molecule has 7 heteroatoms. The average molecular weight is 311 g/mol. The average Bonchev–Trinajstić information content (AvgIpc) is 2.44. The van der Waals surface area contributed by atoms with Crippen LogP contribution in [0.3, 0.4) is 0 Å². The van der Waals surface area contributed by atoms with Gasteiger partial charge in [-0.1, -0.05) is 0 Å². The molecule has 0 saturated heterocycles. The van der Waals surface area contributed by atoms with Gasteiger partial charge in [0, 0.05) is 37.0 Å². The fraction of sp³-hybridized carbons (Fsp3) is 0.500. The summed E-state index contributed by atoms with van der Waals surface area (Å²) in [5.74, 6) is -0.255. The number of nitrogens with zero attached hydrogens (tertiary/aromatic N) is 2. The zero-order valence-electron chi connectivity index (χ0n) is 13.0. The Balaban J connectivity index is 3.06. The van der Waals surface area contributed by atoms with Crippen LogP contribution in [-0.4, -0.2) is 47.4 Å². The highest BCUT2D eigenvalue weighted by molar-refractivity contribution is 7.99. The van der Waals surface area contributed by atoms with Crippen molar-refractivity contribution in [3.8, 4) is 0 Å². The number of hydrogen-bond acceptors (Lipinski definition) is 5. The fourth-order valence-corrected chi connectivity index (χ4v) is 1.82. The van der Waals surface area contributed by atoms with E-state index in [1.54, 1.807) is 38.0 Å². The summed E-state index contributed by atoms with van der Waals surface area (Å²) >= 11 is 1.68. The molecule has 1 rings (SSSR count). The first-order valence-electron chi connectivity index (χ1n) is 6.47. The van der Waals surface area contributed by atoms with Crippen molar-refractivity contribution in [2.75, 3.05) is 32.2 Å². The smallest absolute Gasteiger partial charge is 0.293 e. The van der Waals surface area contributed by atoms with E-state index in [9.17, 15) is 14.9 Å².